The lowest BCUT2D eigenvalue weighted by Crippen LogP contribution is -2.44. The summed E-state index contributed by atoms with van der Waals surface area (Å²) in [4.78, 5) is 38.9. The first-order valence-electron chi connectivity index (χ1n) is 7.62. The number of halogens is 6. The number of carbonyl (C=O) groups is 4. The molecule has 0 aromatic carbocycles. The second kappa shape index (κ2) is 16.5. The number of amides is 1. The van der Waals surface area contributed by atoms with Crippen LogP contribution in [0, 0.1) is 0 Å². The molecule has 0 heterocycles. The predicted molar refractivity (Wildman–Crippen MR) is 91.1 cm³/mol. The van der Waals surface area contributed by atoms with E-state index < -0.39 is 36.3 Å². The predicted octanol–water partition coefficient (Wildman–Crippen LogP) is 0.948. The van der Waals surface area contributed by atoms with E-state index in [1.807, 2.05) is 5.43 Å². The fourth-order valence-corrected chi connectivity index (χ4v) is 2.06. The lowest BCUT2D eigenvalue weighted by atomic mass is 10.2. The molecule has 0 radical (unpaired) electrons. The van der Waals surface area contributed by atoms with Gasteiger partial charge in [-0.2, -0.15) is 38.1 Å². The summed E-state index contributed by atoms with van der Waals surface area (Å²) in [6.07, 6.45) is -7.81. The van der Waals surface area contributed by atoms with Gasteiger partial charge in [0.2, 0.25) is 0 Å². The average Bonchev–Trinajstić information content (AvgIpc) is 2.59. The molecule has 0 saturated carbocycles. The number of rotatable bonds is 9. The van der Waals surface area contributed by atoms with E-state index in [-0.39, 0.29) is 12.3 Å². The molecule has 0 fully saturated rings. The Labute approximate surface area is 169 Å². The fraction of sp³-hybridized carbons (Fsp3) is 0.692. The van der Waals surface area contributed by atoms with Crippen molar-refractivity contribution in [2.75, 3.05) is 11.5 Å². The van der Waals surface area contributed by atoms with Crippen molar-refractivity contribution in [1.82, 2.24) is 5.43 Å². The summed E-state index contributed by atoms with van der Waals surface area (Å²) < 4.78 is 63.5. The van der Waals surface area contributed by atoms with Gasteiger partial charge < -0.3 is 21.1 Å². The van der Waals surface area contributed by atoms with Gasteiger partial charge in [0.1, 0.15) is 0 Å². The van der Waals surface area contributed by atoms with Crippen LogP contribution in [-0.4, -0.2) is 69.0 Å². The molecular weight excluding hydrogens is 456 g/mol. The molecule has 0 bridgehead atoms. The van der Waals surface area contributed by atoms with Crippen LogP contribution in [0.25, 0.3) is 0 Å². The molecule has 0 saturated heterocycles. The maximum Gasteiger partial charge on any atom is 0.490 e. The molecule has 0 rings (SSSR count). The zero-order valence-electron chi connectivity index (χ0n) is 15.1. The third-order valence-electron chi connectivity index (χ3n) is 2.47. The Bertz CT molecular complexity index is 522. The Morgan fingerprint density at radius 2 is 1.27 bits per heavy atom. The highest BCUT2D eigenvalue weighted by atomic mass is 32.2. The minimum atomic E-state index is -5.08. The second-order valence-corrected chi connectivity index (χ2v) is 6.20. The molecule has 0 spiro atoms. The average molecular weight is 477 g/mol. The molecule has 0 aliphatic carbocycles. The molecule has 0 aromatic rings. The van der Waals surface area contributed by atoms with Crippen LogP contribution >= 0.6 is 11.8 Å². The Kier molecular flexibility index (Phi) is 17.8. The first kappa shape index (κ1) is 32.4. The first-order chi connectivity index (χ1) is 13.5. The van der Waals surface area contributed by atoms with Gasteiger partial charge in [0.25, 0.3) is 5.91 Å². The molecule has 10 nitrogen and oxygen atoms in total. The van der Waals surface area contributed by atoms with Crippen molar-refractivity contribution in [2.24, 2.45) is 11.6 Å². The highest BCUT2D eigenvalue weighted by Gasteiger charge is 2.38. The monoisotopic (exact) mass is 477 g/mol. The summed E-state index contributed by atoms with van der Waals surface area (Å²) >= 11 is 1.67. The van der Waals surface area contributed by atoms with Gasteiger partial charge in [-0.05, 0) is 30.8 Å². The lowest BCUT2D eigenvalue weighted by molar-refractivity contribution is -0.193. The number of nitrogens with one attached hydrogen (secondary N) is 1. The van der Waals surface area contributed by atoms with Gasteiger partial charge in [-0.3, -0.25) is 15.0 Å². The smallest absolute Gasteiger partial charge is 0.481 e. The Morgan fingerprint density at radius 3 is 1.57 bits per heavy atom. The van der Waals surface area contributed by atoms with E-state index in [1.54, 1.807) is 11.8 Å². The van der Waals surface area contributed by atoms with Crippen molar-refractivity contribution in [3.8, 4) is 0 Å². The Balaban J connectivity index is -0.000000430. The Morgan fingerprint density at radius 1 is 0.867 bits per heavy atom. The normalized spacial score (nSPS) is 11.7. The van der Waals surface area contributed by atoms with Crippen molar-refractivity contribution >= 4 is 35.6 Å². The zero-order chi connectivity index (χ0) is 24.5. The van der Waals surface area contributed by atoms with Crippen LogP contribution < -0.4 is 17.0 Å². The third kappa shape index (κ3) is 23.8. The van der Waals surface area contributed by atoms with Crippen LogP contribution in [0.5, 0.6) is 0 Å². The molecule has 17 heteroatoms. The summed E-state index contributed by atoms with van der Waals surface area (Å²) in [7, 11) is 0. The highest BCUT2D eigenvalue weighted by Crippen LogP contribution is 2.13. The largest absolute Gasteiger partial charge is 0.490 e. The van der Waals surface area contributed by atoms with E-state index >= 15 is 0 Å². The van der Waals surface area contributed by atoms with E-state index in [9.17, 15) is 35.9 Å². The number of carboxylic acids is 3. The molecule has 8 N–H and O–H groups in total. The number of nitrogens with two attached hydrogens (primary N) is 2. The van der Waals surface area contributed by atoms with E-state index in [0.717, 1.165) is 17.9 Å². The van der Waals surface area contributed by atoms with Crippen LogP contribution in [-0.2, 0) is 19.2 Å². The van der Waals surface area contributed by atoms with Gasteiger partial charge in [-0.1, -0.05) is 0 Å². The minimum Gasteiger partial charge on any atom is -0.481 e. The van der Waals surface area contributed by atoms with E-state index in [0.29, 0.717) is 12.8 Å². The highest BCUT2D eigenvalue weighted by molar-refractivity contribution is 7.99. The van der Waals surface area contributed by atoms with Gasteiger partial charge in [0.15, 0.2) is 0 Å². The number of hydrogen-bond donors (Lipinski definition) is 6. The molecule has 178 valence electrons. The standard InChI is InChI=1S/C9H19N3O3S.2C2HF3O2/c10-7(9(15)12-11)4-6-16-5-2-1-3-8(13)14;2*3-2(4,5)1(6)7/h7H,1-6,10-11H2,(H,12,15)(H,13,14);2*(H,6,7). The number of carboxylic acid groups (broad SMARTS) is 3. The Hall–Kier alpha value is -2.27. The van der Waals surface area contributed by atoms with E-state index in [2.05, 4.69) is 0 Å². The minimum absolute atomic E-state index is 0.218. The summed E-state index contributed by atoms with van der Waals surface area (Å²) in [6, 6.07) is -0.559. The van der Waals surface area contributed by atoms with Gasteiger partial charge >= 0.3 is 30.3 Å². The summed E-state index contributed by atoms with van der Waals surface area (Å²) in [6.45, 7) is 0. The van der Waals surface area contributed by atoms with E-state index in [4.69, 9.17) is 36.5 Å². The molecular formula is C13H21F6N3O7S. The number of carbonyl (C=O) groups excluding carboxylic acids is 1. The van der Waals surface area contributed by atoms with Gasteiger partial charge in [0, 0.05) is 6.42 Å². The number of aliphatic carboxylic acids is 3. The van der Waals surface area contributed by atoms with Crippen LogP contribution in [0.15, 0.2) is 0 Å². The summed E-state index contributed by atoms with van der Waals surface area (Å²) in [5.41, 5.74) is 7.53. The van der Waals surface area contributed by atoms with Crippen molar-refractivity contribution in [3.63, 3.8) is 0 Å². The number of alkyl halides is 6. The van der Waals surface area contributed by atoms with Crippen molar-refractivity contribution in [2.45, 2.75) is 44.1 Å². The summed E-state index contributed by atoms with van der Waals surface area (Å²) in [5.74, 6) is -0.0249. The second-order valence-electron chi connectivity index (χ2n) is 4.97. The quantitative estimate of drug-likeness (QED) is 0.0915. The molecule has 1 unspecified atom stereocenters. The van der Waals surface area contributed by atoms with Crippen molar-refractivity contribution in [3.05, 3.63) is 0 Å². The van der Waals surface area contributed by atoms with Crippen LogP contribution in [0.1, 0.15) is 25.7 Å². The molecule has 0 aromatic heterocycles. The number of thioether (sulfide) groups is 1. The van der Waals surface area contributed by atoms with Gasteiger partial charge in [-0.15, -0.1) is 0 Å². The van der Waals surface area contributed by atoms with Gasteiger partial charge in [-0.25, -0.2) is 15.4 Å². The molecule has 0 aliphatic heterocycles. The zero-order valence-corrected chi connectivity index (χ0v) is 15.9. The topological polar surface area (TPSA) is 193 Å². The summed E-state index contributed by atoms with van der Waals surface area (Å²) in [5, 5.41) is 22.6. The SMILES string of the molecule is NNC(=O)C(N)CCSCCCCC(=O)O.O=C(O)C(F)(F)F.O=C(O)C(F)(F)F. The van der Waals surface area contributed by atoms with Crippen LogP contribution in [0.3, 0.4) is 0 Å². The van der Waals surface area contributed by atoms with E-state index in [1.165, 1.54) is 0 Å². The molecule has 30 heavy (non-hydrogen) atoms. The first-order valence-corrected chi connectivity index (χ1v) is 8.78. The maximum atomic E-state index is 10.9. The third-order valence-corrected chi connectivity index (χ3v) is 3.57. The lowest BCUT2D eigenvalue weighted by Gasteiger charge is -2.08. The van der Waals surface area contributed by atoms with Crippen molar-refractivity contribution < 1.29 is 60.8 Å². The number of hydrogen-bond acceptors (Lipinski definition) is 7. The number of hydrazine groups is 1. The molecule has 1 amide bonds. The fourth-order valence-electron chi connectivity index (χ4n) is 1.03. The van der Waals surface area contributed by atoms with Crippen molar-refractivity contribution in [1.29, 1.82) is 0 Å². The van der Waals surface area contributed by atoms with Crippen LogP contribution in [0.4, 0.5) is 26.3 Å². The maximum absolute atomic E-state index is 10.9. The van der Waals surface area contributed by atoms with Gasteiger partial charge in [0.05, 0.1) is 6.04 Å². The number of unbranched alkanes of at least 4 members (excludes halogenated alkanes) is 1. The van der Waals surface area contributed by atoms with Crippen LogP contribution in [0.2, 0.25) is 0 Å². The molecule has 1 atom stereocenters. The molecule has 0 aliphatic rings.